The van der Waals surface area contributed by atoms with Gasteiger partial charge in [0.05, 0.1) is 6.61 Å². The van der Waals surface area contributed by atoms with Crippen LogP contribution in [0.3, 0.4) is 0 Å². The molecule has 0 fully saturated rings. The Bertz CT molecular complexity index is 652. The van der Waals surface area contributed by atoms with Gasteiger partial charge >= 0.3 is 0 Å². The zero-order valence-corrected chi connectivity index (χ0v) is 10.5. The fraction of sp³-hybridized carbons (Fsp3) is 0.0714. The van der Waals surface area contributed by atoms with Crippen LogP contribution in [0.5, 0.6) is 11.5 Å². The van der Waals surface area contributed by atoms with Gasteiger partial charge in [0.1, 0.15) is 28.9 Å². The molecule has 0 aliphatic carbocycles. The van der Waals surface area contributed by atoms with Gasteiger partial charge in [0.15, 0.2) is 0 Å². The molecular formula is C14H9ClFNO2. The van der Waals surface area contributed by atoms with Crippen molar-refractivity contribution in [2.24, 2.45) is 0 Å². The Morgan fingerprint density at radius 2 is 2.05 bits per heavy atom. The van der Waals surface area contributed by atoms with Gasteiger partial charge in [0.2, 0.25) is 0 Å². The Morgan fingerprint density at radius 3 is 2.74 bits per heavy atom. The van der Waals surface area contributed by atoms with Gasteiger partial charge in [-0.3, -0.25) is 0 Å². The number of nitriles is 1. The summed E-state index contributed by atoms with van der Waals surface area (Å²) in [6, 6.07) is 10.5. The van der Waals surface area contributed by atoms with Gasteiger partial charge in [-0.25, -0.2) is 4.39 Å². The molecule has 3 nitrogen and oxygen atoms in total. The predicted octanol–water partition coefficient (Wildman–Crippen LogP) is 3.64. The summed E-state index contributed by atoms with van der Waals surface area (Å²) in [5, 5.41) is 18.5. The van der Waals surface area contributed by atoms with E-state index >= 15 is 0 Å². The van der Waals surface area contributed by atoms with E-state index in [4.69, 9.17) is 21.6 Å². The number of aliphatic hydroxyl groups excluding tert-OH is 1. The summed E-state index contributed by atoms with van der Waals surface area (Å²) in [4.78, 5) is 0. The van der Waals surface area contributed by atoms with Crippen molar-refractivity contribution >= 4 is 11.6 Å². The van der Waals surface area contributed by atoms with Crippen molar-refractivity contribution in [2.45, 2.75) is 6.61 Å². The molecule has 0 aliphatic rings. The van der Waals surface area contributed by atoms with Gasteiger partial charge in [-0.1, -0.05) is 23.7 Å². The Morgan fingerprint density at radius 1 is 1.26 bits per heavy atom. The molecule has 0 bridgehead atoms. The van der Waals surface area contributed by atoms with E-state index in [1.807, 2.05) is 0 Å². The second-order valence-electron chi connectivity index (χ2n) is 3.74. The average molecular weight is 278 g/mol. The van der Waals surface area contributed by atoms with Crippen molar-refractivity contribution in [3.63, 3.8) is 0 Å². The molecule has 5 heteroatoms. The van der Waals surface area contributed by atoms with Crippen LogP contribution in [0.25, 0.3) is 0 Å². The first-order valence-corrected chi connectivity index (χ1v) is 5.79. The SMILES string of the molecule is N#Cc1c(F)cccc1Oc1cc(Cl)ccc1CO. The van der Waals surface area contributed by atoms with Crippen LogP contribution in [0.2, 0.25) is 5.02 Å². The van der Waals surface area contributed by atoms with Crippen molar-refractivity contribution in [1.29, 1.82) is 5.26 Å². The molecule has 0 spiro atoms. The predicted molar refractivity (Wildman–Crippen MR) is 68.6 cm³/mol. The number of hydrogen-bond acceptors (Lipinski definition) is 3. The minimum atomic E-state index is -0.660. The molecule has 0 saturated carbocycles. The van der Waals surface area contributed by atoms with E-state index in [-0.39, 0.29) is 23.7 Å². The highest BCUT2D eigenvalue weighted by atomic mass is 35.5. The second kappa shape index (κ2) is 5.70. The van der Waals surface area contributed by atoms with Crippen LogP contribution in [-0.2, 0) is 6.61 Å². The zero-order valence-electron chi connectivity index (χ0n) is 9.73. The van der Waals surface area contributed by atoms with E-state index in [0.717, 1.165) is 0 Å². The lowest BCUT2D eigenvalue weighted by molar-refractivity contribution is 0.276. The van der Waals surface area contributed by atoms with Crippen LogP contribution in [0.4, 0.5) is 4.39 Å². The first kappa shape index (κ1) is 13.3. The van der Waals surface area contributed by atoms with Crippen molar-refractivity contribution in [3.05, 3.63) is 58.4 Å². The van der Waals surface area contributed by atoms with Gasteiger partial charge in [-0.05, 0) is 24.3 Å². The Kier molecular flexibility index (Phi) is 4.00. The number of ether oxygens (including phenoxy) is 1. The Labute approximate surface area is 114 Å². The number of halogens is 2. The van der Waals surface area contributed by atoms with Crippen LogP contribution in [0.15, 0.2) is 36.4 Å². The van der Waals surface area contributed by atoms with E-state index < -0.39 is 5.82 Å². The second-order valence-corrected chi connectivity index (χ2v) is 4.17. The molecule has 0 radical (unpaired) electrons. The minimum Gasteiger partial charge on any atom is -0.455 e. The summed E-state index contributed by atoms with van der Waals surface area (Å²) >= 11 is 5.84. The molecule has 0 atom stereocenters. The molecule has 2 aromatic rings. The topological polar surface area (TPSA) is 53.2 Å². The molecule has 2 aromatic carbocycles. The maximum atomic E-state index is 13.4. The summed E-state index contributed by atoms with van der Waals surface area (Å²) < 4.78 is 18.9. The summed E-state index contributed by atoms with van der Waals surface area (Å²) in [5.41, 5.74) is 0.309. The fourth-order valence-electron chi connectivity index (χ4n) is 1.57. The largest absolute Gasteiger partial charge is 0.455 e. The fourth-order valence-corrected chi connectivity index (χ4v) is 1.73. The third-order valence-corrected chi connectivity index (χ3v) is 2.74. The first-order valence-electron chi connectivity index (χ1n) is 5.41. The molecule has 19 heavy (non-hydrogen) atoms. The van der Waals surface area contributed by atoms with Crippen LogP contribution in [0.1, 0.15) is 11.1 Å². The summed E-state index contributed by atoms with van der Waals surface area (Å²) in [7, 11) is 0. The molecule has 0 unspecified atom stereocenters. The normalized spacial score (nSPS) is 10.0. The lowest BCUT2D eigenvalue weighted by atomic mass is 10.2. The molecule has 0 aliphatic heterocycles. The van der Waals surface area contributed by atoms with Crippen molar-refractivity contribution in [3.8, 4) is 17.6 Å². The molecule has 0 saturated heterocycles. The lowest BCUT2D eigenvalue weighted by Crippen LogP contribution is -1.95. The van der Waals surface area contributed by atoms with E-state index in [0.29, 0.717) is 10.6 Å². The summed E-state index contributed by atoms with van der Waals surface area (Å²) in [6.07, 6.45) is 0. The first-order chi connectivity index (χ1) is 9.15. The monoisotopic (exact) mass is 277 g/mol. The highest BCUT2D eigenvalue weighted by molar-refractivity contribution is 6.30. The Hall–Kier alpha value is -2.09. The highest BCUT2D eigenvalue weighted by Gasteiger charge is 2.12. The quantitative estimate of drug-likeness (QED) is 0.932. The van der Waals surface area contributed by atoms with Crippen molar-refractivity contribution in [1.82, 2.24) is 0 Å². The van der Waals surface area contributed by atoms with Gasteiger partial charge in [0.25, 0.3) is 0 Å². The van der Waals surface area contributed by atoms with Gasteiger partial charge < -0.3 is 9.84 Å². The molecular weight excluding hydrogens is 269 g/mol. The lowest BCUT2D eigenvalue weighted by Gasteiger charge is -2.11. The molecule has 0 heterocycles. The maximum absolute atomic E-state index is 13.4. The molecule has 96 valence electrons. The van der Waals surface area contributed by atoms with Crippen molar-refractivity contribution < 1.29 is 14.2 Å². The molecule has 0 aromatic heterocycles. The van der Waals surface area contributed by atoms with Crippen LogP contribution >= 0.6 is 11.6 Å². The molecule has 0 amide bonds. The standard InChI is InChI=1S/C14H9ClFNO2/c15-10-5-4-9(8-18)14(6-10)19-13-3-1-2-12(16)11(13)7-17/h1-6,18H,8H2. The van der Waals surface area contributed by atoms with E-state index in [1.54, 1.807) is 18.2 Å². The number of hydrogen-bond donors (Lipinski definition) is 1. The van der Waals surface area contributed by atoms with E-state index in [9.17, 15) is 9.50 Å². The molecule has 1 N–H and O–H groups in total. The average Bonchev–Trinajstić information content (AvgIpc) is 2.39. The van der Waals surface area contributed by atoms with E-state index in [1.165, 1.54) is 24.3 Å². The third-order valence-electron chi connectivity index (χ3n) is 2.51. The number of benzene rings is 2. The summed E-state index contributed by atoms with van der Waals surface area (Å²) in [6.45, 7) is -0.246. The van der Waals surface area contributed by atoms with Gasteiger partial charge in [-0.2, -0.15) is 5.26 Å². The van der Waals surface area contributed by atoms with Gasteiger partial charge in [0, 0.05) is 10.6 Å². The maximum Gasteiger partial charge on any atom is 0.148 e. The summed E-state index contributed by atoms with van der Waals surface area (Å²) in [5.74, 6) is -0.288. The number of nitrogens with zero attached hydrogens (tertiary/aromatic N) is 1. The van der Waals surface area contributed by atoms with Crippen molar-refractivity contribution in [2.75, 3.05) is 0 Å². The highest BCUT2D eigenvalue weighted by Crippen LogP contribution is 2.31. The van der Waals surface area contributed by atoms with Crippen LogP contribution < -0.4 is 4.74 Å². The van der Waals surface area contributed by atoms with Crippen LogP contribution in [-0.4, -0.2) is 5.11 Å². The zero-order chi connectivity index (χ0) is 13.8. The van der Waals surface area contributed by atoms with Crippen LogP contribution in [0, 0.1) is 17.1 Å². The molecule has 2 rings (SSSR count). The van der Waals surface area contributed by atoms with E-state index in [2.05, 4.69) is 0 Å². The smallest absolute Gasteiger partial charge is 0.148 e. The van der Waals surface area contributed by atoms with Gasteiger partial charge in [-0.15, -0.1) is 0 Å². The minimum absolute atomic E-state index is 0.0828. The Balaban J connectivity index is 2.45. The third kappa shape index (κ3) is 2.84. The number of rotatable bonds is 3. The number of aliphatic hydroxyl groups is 1.